The van der Waals surface area contributed by atoms with Crippen molar-refractivity contribution in [1.82, 2.24) is 0 Å². The number of methoxy groups -OCH3 is 2. The van der Waals surface area contributed by atoms with Gasteiger partial charge in [0.2, 0.25) is 25.1 Å². The minimum atomic E-state index is 0.194. The van der Waals surface area contributed by atoms with Crippen LogP contribution in [0.15, 0.2) is 12.1 Å². The monoisotopic (exact) mass is 398 g/mol. The zero-order chi connectivity index (χ0) is 20.3. The van der Waals surface area contributed by atoms with E-state index in [2.05, 4.69) is 32.9 Å². The largest absolute Gasteiger partial charge is 0.492 e. The molecule has 6 nitrogen and oxygen atoms in total. The lowest BCUT2D eigenvalue weighted by atomic mass is 9.72. The molecule has 2 aromatic rings. The summed E-state index contributed by atoms with van der Waals surface area (Å²) < 4.78 is 34.8. The molecule has 0 aromatic heterocycles. The summed E-state index contributed by atoms with van der Waals surface area (Å²) in [5, 5.41) is 0. The first-order chi connectivity index (χ1) is 14.0. The van der Waals surface area contributed by atoms with Crippen molar-refractivity contribution in [3.63, 3.8) is 0 Å². The van der Waals surface area contributed by atoms with Crippen molar-refractivity contribution >= 4 is 0 Å². The van der Waals surface area contributed by atoms with Crippen LogP contribution in [0.2, 0.25) is 0 Å². The number of fused-ring (bicyclic) bond motifs is 5. The van der Waals surface area contributed by atoms with Crippen molar-refractivity contribution in [2.75, 3.05) is 27.8 Å². The number of ether oxygens (including phenoxy) is 6. The molecule has 2 heterocycles. The molecule has 0 N–H and O–H groups in total. The molecule has 3 aliphatic rings. The van der Waals surface area contributed by atoms with Gasteiger partial charge in [-0.05, 0) is 47.4 Å². The predicted octanol–water partition coefficient (Wildman–Crippen LogP) is 4.76. The lowest BCUT2D eigenvalue weighted by Gasteiger charge is -2.33. The Hall–Kier alpha value is -2.76. The van der Waals surface area contributed by atoms with Crippen LogP contribution in [0.3, 0.4) is 0 Å². The van der Waals surface area contributed by atoms with Gasteiger partial charge in [-0.1, -0.05) is 20.8 Å². The molecule has 29 heavy (non-hydrogen) atoms. The summed E-state index contributed by atoms with van der Waals surface area (Å²) in [5.41, 5.74) is 4.32. The van der Waals surface area contributed by atoms with Crippen LogP contribution in [-0.4, -0.2) is 27.8 Å². The Balaban J connectivity index is 1.90. The molecule has 0 radical (unpaired) electrons. The Bertz CT molecular complexity index is 982. The summed E-state index contributed by atoms with van der Waals surface area (Å²) in [4.78, 5) is 0. The van der Waals surface area contributed by atoms with E-state index in [-0.39, 0.29) is 13.6 Å². The highest BCUT2D eigenvalue weighted by molar-refractivity contribution is 5.89. The minimum Gasteiger partial charge on any atom is -0.492 e. The van der Waals surface area contributed by atoms with E-state index in [1.807, 2.05) is 0 Å². The molecule has 0 spiro atoms. The van der Waals surface area contributed by atoms with Gasteiger partial charge < -0.3 is 28.4 Å². The van der Waals surface area contributed by atoms with Crippen LogP contribution in [-0.2, 0) is 6.42 Å². The van der Waals surface area contributed by atoms with Crippen LogP contribution < -0.4 is 28.4 Å². The summed E-state index contributed by atoms with van der Waals surface area (Å²) in [6.07, 6.45) is 0.908. The average molecular weight is 398 g/mol. The molecule has 2 aliphatic heterocycles. The normalized spacial score (nSPS) is 23.7. The summed E-state index contributed by atoms with van der Waals surface area (Å²) in [6.45, 7) is 7.27. The Morgan fingerprint density at radius 3 is 2.00 bits per heavy atom. The van der Waals surface area contributed by atoms with Gasteiger partial charge in [0.05, 0.1) is 14.2 Å². The highest BCUT2D eigenvalue weighted by Gasteiger charge is 2.37. The molecule has 0 bridgehead atoms. The van der Waals surface area contributed by atoms with Gasteiger partial charge in [-0.15, -0.1) is 0 Å². The number of hydrogen-bond donors (Lipinski definition) is 0. The maximum absolute atomic E-state index is 5.91. The number of benzene rings is 2. The van der Waals surface area contributed by atoms with Gasteiger partial charge in [0.1, 0.15) is 0 Å². The van der Waals surface area contributed by atoms with E-state index < -0.39 is 0 Å². The quantitative estimate of drug-likeness (QED) is 0.727. The highest BCUT2D eigenvalue weighted by atomic mass is 16.7. The zero-order valence-electron chi connectivity index (χ0n) is 17.5. The van der Waals surface area contributed by atoms with Crippen molar-refractivity contribution in [3.05, 3.63) is 23.3 Å². The molecular formula is C23H26O6. The smallest absolute Gasteiger partial charge is 0.231 e. The second-order valence-corrected chi connectivity index (χ2v) is 8.11. The first-order valence-electron chi connectivity index (χ1n) is 10.0. The molecule has 6 heteroatoms. The van der Waals surface area contributed by atoms with E-state index in [0.717, 1.165) is 34.6 Å². The van der Waals surface area contributed by atoms with E-state index in [1.165, 1.54) is 5.56 Å². The Kier molecular flexibility index (Phi) is 4.19. The van der Waals surface area contributed by atoms with Gasteiger partial charge in [-0.2, -0.15) is 0 Å². The fourth-order valence-electron chi connectivity index (χ4n) is 4.84. The maximum Gasteiger partial charge on any atom is 0.231 e. The summed E-state index contributed by atoms with van der Waals surface area (Å²) in [6, 6.07) is 4.19. The van der Waals surface area contributed by atoms with Crippen molar-refractivity contribution in [2.24, 2.45) is 11.8 Å². The van der Waals surface area contributed by atoms with Gasteiger partial charge in [-0.25, -0.2) is 0 Å². The first-order valence-corrected chi connectivity index (χ1v) is 10.0. The Morgan fingerprint density at radius 1 is 0.793 bits per heavy atom. The van der Waals surface area contributed by atoms with Gasteiger partial charge in [-0.3, -0.25) is 0 Å². The minimum absolute atomic E-state index is 0.194. The third kappa shape index (κ3) is 2.54. The van der Waals surface area contributed by atoms with E-state index in [9.17, 15) is 0 Å². The molecule has 0 saturated carbocycles. The molecule has 1 unspecified atom stereocenters. The molecule has 1 aliphatic carbocycles. The topological polar surface area (TPSA) is 55.4 Å². The van der Waals surface area contributed by atoms with Crippen LogP contribution in [0.4, 0.5) is 0 Å². The van der Waals surface area contributed by atoms with Gasteiger partial charge in [0, 0.05) is 11.1 Å². The molecule has 0 amide bonds. The zero-order valence-corrected chi connectivity index (χ0v) is 17.5. The summed E-state index contributed by atoms with van der Waals surface area (Å²) in [7, 11) is 3.34. The van der Waals surface area contributed by atoms with Crippen molar-refractivity contribution < 1.29 is 28.4 Å². The van der Waals surface area contributed by atoms with Gasteiger partial charge in [0.15, 0.2) is 23.0 Å². The fourth-order valence-corrected chi connectivity index (χ4v) is 4.84. The summed E-state index contributed by atoms with van der Waals surface area (Å²) in [5.74, 6) is 5.35. The maximum atomic E-state index is 5.91. The third-order valence-electron chi connectivity index (χ3n) is 6.73. The molecule has 0 saturated heterocycles. The number of rotatable bonds is 2. The van der Waals surface area contributed by atoms with Crippen LogP contribution in [0.1, 0.15) is 37.8 Å². The van der Waals surface area contributed by atoms with Gasteiger partial charge >= 0.3 is 0 Å². The van der Waals surface area contributed by atoms with E-state index in [1.54, 1.807) is 14.2 Å². The Labute approximate surface area is 170 Å². The van der Waals surface area contributed by atoms with Crippen molar-refractivity contribution in [3.8, 4) is 45.6 Å². The molecule has 154 valence electrons. The fraction of sp³-hybridized carbons (Fsp3) is 0.478. The second-order valence-electron chi connectivity index (χ2n) is 8.11. The molecule has 3 atom stereocenters. The lowest BCUT2D eigenvalue weighted by Crippen LogP contribution is -2.21. The van der Waals surface area contributed by atoms with Gasteiger partial charge in [0.25, 0.3) is 0 Å². The average Bonchev–Trinajstić information content (AvgIpc) is 3.38. The molecule has 5 rings (SSSR count). The van der Waals surface area contributed by atoms with E-state index in [0.29, 0.717) is 40.8 Å². The molecule has 2 aromatic carbocycles. The predicted molar refractivity (Wildman–Crippen MR) is 108 cm³/mol. The first kappa shape index (κ1) is 18.3. The van der Waals surface area contributed by atoms with Crippen LogP contribution in [0.5, 0.6) is 34.5 Å². The van der Waals surface area contributed by atoms with E-state index >= 15 is 0 Å². The highest BCUT2D eigenvalue weighted by Crippen LogP contribution is 2.58. The van der Waals surface area contributed by atoms with Crippen LogP contribution >= 0.6 is 0 Å². The second kappa shape index (κ2) is 6.65. The van der Waals surface area contributed by atoms with Crippen LogP contribution in [0.25, 0.3) is 11.1 Å². The standard InChI is InChI=1S/C23H26O6/c1-11-6-14-7-16-20(28-9-26-16)22(24-4)18(14)19-15(13(3)12(11)2)8-17-21(23(19)25-5)29-10-27-17/h7-8,11-13H,6,9-10H2,1-5H3/t11-,12+,13?/m0/s1. The molecular weight excluding hydrogens is 372 g/mol. The van der Waals surface area contributed by atoms with Crippen molar-refractivity contribution in [1.29, 1.82) is 0 Å². The van der Waals surface area contributed by atoms with E-state index in [4.69, 9.17) is 28.4 Å². The number of hydrogen-bond acceptors (Lipinski definition) is 6. The Morgan fingerprint density at radius 2 is 1.38 bits per heavy atom. The molecule has 0 fully saturated rings. The van der Waals surface area contributed by atoms with Crippen molar-refractivity contribution in [2.45, 2.75) is 33.1 Å². The lowest BCUT2D eigenvalue weighted by molar-refractivity contribution is 0.171. The SMILES string of the molecule is COc1c2c(cc3c1-c1c(cc4c(c1OC)OCO4)C(C)[C@H](C)[C@@H](C)C3)OCO2. The third-order valence-corrected chi connectivity index (χ3v) is 6.73. The summed E-state index contributed by atoms with van der Waals surface area (Å²) >= 11 is 0. The van der Waals surface area contributed by atoms with Crippen LogP contribution in [0, 0.1) is 11.8 Å².